The van der Waals surface area contributed by atoms with Crippen LogP contribution in [0.15, 0.2) is 0 Å². The Labute approximate surface area is 175 Å². The van der Waals surface area contributed by atoms with Gasteiger partial charge < -0.3 is 21.3 Å². The summed E-state index contributed by atoms with van der Waals surface area (Å²) < 4.78 is 5.62. The number of carbonyl (C=O) groups is 3. The molecule has 0 bridgehead atoms. The summed E-state index contributed by atoms with van der Waals surface area (Å²) in [5.74, 6) is -1.12. The summed E-state index contributed by atoms with van der Waals surface area (Å²) in [5.41, 5.74) is 8.55. The Hall–Kier alpha value is -0.810. The molecule has 0 aromatic heterocycles. The monoisotopic (exact) mass is 438 g/mol. The first-order valence-corrected chi connectivity index (χ1v) is 11.6. The number of esters is 1. The molecule has 0 aliphatic rings. The quantitative estimate of drug-likeness (QED) is 0.208. The van der Waals surface area contributed by atoms with Crippen molar-refractivity contribution in [3.05, 3.63) is 0 Å². The number of hydrogen-bond donors (Lipinski definition) is 4. The summed E-state index contributed by atoms with van der Waals surface area (Å²) >= 11 is 0. The van der Waals surface area contributed by atoms with Gasteiger partial charge in [-0.1, -0.05) is 42.4 Å². The summed E-state index contributed by atoms with van der Waals surface area (Å²) in [5, 5.41) is 12.0. The standard InChI is InChI=1S/C18H35N3O5S2/c1-10(21-18(5,6)7)16(25)26-12(13(20)14(22)17(2,3)4)9-28-27-8-11(19)15(23)24/h10-13,21H,8-9,19-20H2,1-7H3,(H,23,24)/p+1. The van der Waals surface area contributed by atoms with E-state index in [2.05, 4.69) is 11.1 Å². The molecule has 0 heterocycles. The van der Waals surface area contributed by atoms with Crippen LogP contribution in [-0.4, -0.2) is 64.1 Å². The molecule has 0 aromatic carbocycles. The zero-order valence-electron chi connectivity index (χ0n) is 17.9. The molecule has 0 radical (unpaired) electrons. The normalized spacial score (nSPS) is 16.8. The Morgan fingerprint density at radius 1 is 1.11 bits per heavy atom. The van der Waals surface area contributed by atoms with Gasteiger partial charge in [0.05, 0.1) is 0 Å². The van der Waals surface area contributed by atoms with Gasteiger partial charge in [-0.3, -0.25) is 19.7 Å². The van der Waals surface area contributed by atoms with E-state index in [-0.39, 0.29) is 17.1 Å². The zero-order chi connectivity index (χ0) is 22.3. The van der Waals surface area contributed by atoms with Gasteiger partial charge in [0.1, 0.15) is 12.1 Å². The van der Waals surface area contributed by atoms with Crippen molar-refractivity contribution < 1.29 is 30.0 Å². The number of quaternary nitrogens is 1. The van der Waals surface area contributed by atoms with Gasteiger partial charge in [-0.25, -0.2) is 0 Å². The maximum Gasteiger partial charge on any atom is 0.323 e. The van der Waals surface area contributed by atoms with Crippen LogP contribution in [0.25, 0.3) is 0 Å². The highest BCUT2D eigenvalue weighted by atomic mass is 33.1. The molecule has 4 unspecified atom stereocenters. The van der Waals surface area contributed by atoms with Crippen LogP contribution in [0.4, 0.5) is 0 Å². The van der Waals surface area contributed by atoms with Crippen molar-refractivity contribution in [2.75, 3.05) is 11.5 Å². The molecule has 0 saturated carbocycles. The molecule has 28 heavy (non-hydrogen) atoms. The molecule has 4 atom stereocenters. The average Bonchev–Trinajstić information content (AvgIpc) is 2.53. The molecule has 0 aliphatic carbocycles. The molecular weight excluding hydrogens is 402 g/mol. The fraction of sp³-hybridized carbons (Fsp3) is 0.833. The minimum Gasteiger partial charge on any atom is -0.480 e. The second-order valence-corrected chi connectivity index (χ2v) is 11.4. The van der Waals surface area contributed by atoms with Crippen molar-refractivity contribution in [2.45, 2.75) is 78.2 Å². The van der Waals surface area contributed by atoms with Crippen LogP contribution < -0.4 is 16.8 Å². The van der Waals surface area contributed by atoms with Crippen molar-refractivity contribution in [3.63, 3.8) is 0 Å². The van der Waals surface area contributed by atoms with Gasteiger partial charge in [0, 0.05) is 22.5 Å². The number of carboxylic acids is 1. The average molecular weight is 439 g/mol. The van der Waals surface area contributed by atoms with Gasteiger partial charge in [0.25, 0.3) is 0 Å². The predicted molar refractivity (Wildman–Crippen MR) is 114 cm³/mol. The third-order valence-electron chi connectivity index (χ3n) is 3.68. The lowest BCUT2D eigenvalue weighted by atomic mass is 9.85. The minimum atomic E-state index is -1.07. The fourth-order valence-corrected chi connectivity index (χ4v) is 4.56. The second-order valence-electron chi connectivity index (χ2n) is 8.83. The minimum absolute atomic E-state index is 0.102. The molecule has 8 nitrogen and oxygen atoms in total. The summed E-state index contributed by atoms with van der Waals surface area (Å²) in [6, 6.07) is -2.24. The predicted octanol–water partition coefficient (Wildman–Crippen LogP) is 0.694. The van der Waals surface area contributed by atoms with E-state index in [0.717, 1.165) is 0 Å². The van der Waals surface area contributed by atoms with Gasteiger partial charge >= 0.3 is 11.9 Å². The summed E-state index contributed by atoms with van der Waals surface area (Å²) in [7, 11) is 2.58. The van der Waals surface area contributed by atoms with E-state index in [1.165, 1.54) is 21.6 Å². The SMILES string of the molecule is CC(NC(C)(C)C)C(=O)OC(CSSCC(N)C(=O)O)C([NH3+])C(=O)C(C)(C)C. The van der Waals surface area contributed by atoms with Crippen LogP contribution in [0, 0.1) is 5.41 Å². The smallest absolute Gasteiger partial charge is 0.323 e. The Morgan fingerprint density at radius 3 is 2.04 bits per heavy atom. The third-order valence-corrected chi connectivity index (χ3v) is 6.12. The lowest BCUT2D eigenvalue weighted by Crippen LogP contribution is -2.73. The number of hydrogen-bond acceptors (Lipinski definition) is 8. The number of ether oxygens (including phenoxy) is 1. The Kier molecular flexibility index (Phi) is 11.1. The number of nitrogens with one attached hydrogen (secondary N) is 1. The molecule has 164 valence electrons. The number of carboxylic acid groups (broad SMARTS) is 1. The van der Waals surface area contributed by atoms with Gasteiger partial charge in [-0.2, -0.15) is 0 Å². The van der Waals surface area contributed by atoms with E-state index >= 15 is 0 Å². The highest BCUT2D eigenvalue weighted by Crippen LogP contribution is 2.26. The number of nitrogens with two attached hydrogens (primary N) is 1. The molecular formula is C18H36N3O5S2+. The van der Waals surface area contributed by atoms with E-state index in [1.807, 2.05) is 20.8 Å². The van der Waals surface area contributed by atoms with E-state index in [0.29, 0.717) is 5.75 Å². The fourth-order valence-electron chi connectivity index (χ4n) is 2.22. The van der Waals surface area contributed by atoms with E-state index in [4.69, 9.17) is 15.6 Å². The number of ketones is 1. The van der Waals surface area contributed by atoms with E-state index in [9.17, 15) is 14.4 Å². The first-order chi connectivity index (χ1) is 12.6. The molecule has 0 aliphatic heterocycles. The van der Waals surface area contributed by atoms with Crippen LogP contribution in [0.1, 0.15) is 48.5 Å². The largest absolute Gasteiger partial charge is 0.480 e. The number of rotatable bonds is 11. The molecule has 0 spiro atoms. The Bertz CT molecular complexity index is 546. The molecule has 0 rings (SSSR count). The van der Waals surface area contributed by atoms with E-state index < -0.39 is 41.6 Å². The number of Topliss-reactive ketones (excluding diaryl/α,β-unsaturated/α-hetero) is 1. The van der Waals surface area contributed by atoms with Gasteiger partial charge in [0.15, 0.2) is 17.9 Å². The summed E-state index contributed by atoms with van der Waals surface area (Å²) in [4.78, 5) is 35.9. The van der Waals surface area contributed by atoms with Crippen molar-refractivity contribution in [3.8, 4) is 0 Å². The highest BCUT2D eigenvalue weighted by molar-refractivity contribution is 8.76. The van der Waals surface area contributed by atoms with Crippen molar-refractivity contribution in [1.29, 1.82) is 0 Å². The molecule has 7 N–H and O–H groups in total. The third kappa shape index (κ3) is 10.7. The first-order valence-electron chi connectivity index (χ1n) is 9.14. The molecule has 0 amide bonds. The van der Waals surface area contributed by atoms with Gasteiger partial charge in [0.2, 0.25) is 0 Å². The van der Waals surface area contributed by atoms with Crippen molar-refractivity contribution in [1.82, 2.24) is 5.32 Å². The lowest BCUT2D eigenvalue weighted by Gasteiger charge is -2.29. The molecule has 10 heteroatoms. The highest BCUT2D eigenvalue weighted by Gasteiger charge is 2.38. The molecule has 0 fully saturated rings. The van der Waals surface area contributed by atoms with Crippen molar-refractivity contribution in [2.24, 2.45) is 11.1 Å². The summed E-state index contributed by atoms with van der Waals surface area (Å²) in [6.45, 7) is 12.9. The Balaban J connectivity index is 5.05. The number of carbonyl (C=O) groups excluding carboxylic acids is 2. The molecule has 0 aromatic rings. The van der Waals surface area contributed by atoms with Gasteiger partial charge in [-0.05, 0) is 27.7 Å². The van der Waals surface area contributed by atoms with Crippen LogP contribution in [0.2, 0.25) is 0 Å². The van der Waals surface area contributed by atoms with Gasteiger partial charge in [-0.15, -0.1) is 0 Å². The zero-order valence-corrected chi connectivity index (χ0v) is 19.5. The molecule has 0 saturated heterocycles. The van der Waals surface area contributed by atoms with Crippen LogP contribution in [-0.2, 0) is 19.1 Å². The van der Waals surface area contributed by atoms with Crippen LogP contribution in [0.5, 0.6) is 0 Å². The van der Waals surface area contributed by atoms with E-state index in [1.54, 1.807) is 27.7 Å². The van der Waals surface area contributed by atoms with Crippen molar-refractivity contribution >= 4 is 39.3 Å². The maximum absolute atomic E-state index is 12.6. The van der Waals surface area contributed by atoms with Crippen LogP contribution in [0.3, 0.4) is 0 Å². The first kappa shape index (κ1) is 27.2. The maximum atomic E-state index is 12.6. The topological polar surface area (TPSA) is 146 Å². The summed E-state index contributed by atoms with van der Waals surface area (Å²) in [6.07, 6.45) is -0.720. The Morgan fingerprint density at radius 2 is 1.61 bits per heavy atom. The second kappa shape index (κ2) is 11.4. The lowest BCUT2D eigenvalue weighted by molar-refractivity contribution is -0.419. The van der Waals surface area contributed by atoms with Crippen LogP contribution >= 0.6 is 21.6 Å². The number of aliphatic carboxylic acids is 1.